The molecule has 2 aromatic carbocycles. The quantitative estimate of drug-likeness (QED) is 0.304. The lowest BCUT2D eigenvalue weighted by atomic mass is 10.1. The predicted molar refractivity (Wildman–Crippen MR) is 117 cm³/mol. The van der Waals surface area contributed by atoms with Crippen LogP contribution < -0.4 is 0 Å². The van der Waals surface area contributed by atoms with Crippen molar-refractivity contribution < 1.29 is 18.4 Å². The lowest BCUT2D eigenvalue weighted by molar-refractivity contribution is -0.385. The first-order valence-electron chi connectivity index (χ1n) is 9.62. The van der Waals surface area contributed by atoms with Gasteiger partial charge in [-0.3, -0.25) is 10.1 Å². The van der Waals surface area contributed by atoms with Gasteiger partial charge in [-0.05, 0) is 31.5 Å². The standard InChI is InChI=1S/C20H23N5O5S/c1-5-24(6-2)31(29,30)17-11-14(25(27)28)7-8-16(17)22-23-19-15-10-12(3)9-13(4)18(15)21-20(19)26/h7-11,21,26H,5-6H2,1-4H3. The van der Waals surface area contributed by atoms with Crippen molar-refractivity contribution >= 4 is 38.0 Å². The van der Waals surface area contributed by atoms with E-state index >= 15 is 0 Å². The number of sulfonamides is 1. The lowest BCUT2D eigenvalue weighted by Crippen LogP contribution is -2.30. The molecule has 0 aliphatic heterocycles. The average molecular weight is 446 g/mol. The van der Waals surface area contributed by atoms with E-state index in [1.54, 1.807) is 13.8 Å². The summed E-state index contributed by atoms with van der Waals surface area (Å²) in [5.41, 5.74) is 2.29. The van der Waals surface area contributed by atoms with E-state index in [-0.39, 0.29) is 40.9 Å². The molecule has 0 saturated carbocycles. The molecule has 0 fully saturated rings. The number of nitrogens with one attached hydrogen (secondary N) is 1. The number of nitro groups is 1. The zero-order valence-electron chi connectivity index (χ0n) is 17.6. The SMILES string of the molecule is CCN(CC)S(=O)(=O)c1cc([N+](=O)[O-])ccc1N=Nc1c(O)[nH]c2c(C)cc(C)cc12. The van der Waals surface area contributed by atoms with Crippen molar-refractivity contribution in [1.29, 1.82) is 0 Å². The molecule has 164 valence electrons. The maximum atomic E-state index is 13.1. The van der Waals surface area contributed by atoms with Crippen LogP contribution in [-0.2, 0) is 10.0 Å². The first-order chi connectivity index (χ1) is 14.6. The first-order valence-corrected chi connectivity index (χ1v) is 11.1. The van der Waals surface area contributed by atoms with Crippen molar-refractivity contribution in [3.05, 3.63) is 51.6 Å². The van der Waals surface area contributed by atoms with Crippen molar-refractivity contribution in [2.24, 2.45) is 10.2 Å². The van der Waals surface area contributed by atoms with Crippen LogP contribution in [0.4, 0.5) is 17.1 Å². The van der Waals surface area contributed by atoms with E-state index in [9.17, 15) is 23.6 Å². The Morgan fingerprint density at radius 2 is 1.81 bits per heavy atom. The third kappa shape index (κ3) is 4.14. The number of aryl methyl sites for hydroxylation is 2. The summed E-state index contributed by atoms with van der Waals surface area (Å²) in [4.78, 5) is 13.1. The van der Waals surface area contributed by atoms with E-state index in [2.05, 4.69) is 15.2 Å². The molecule has 0 bridgehead atoms. The zero-order valence-corrected chi connectivity index (χ0v) is 18.4. The van der Waals surface area contributed by atoms with Gasteiger partial charge in [0, 0.05) is 30.6 Å². The molecule has 0 amide bonds. The van der Waals surface area contributed by atoms with Gasteiger partial charge in [0.05, 0.1) is 10.4 Å². The van der Waals surface area contributed by atoms with Crippen LogP contribution in [0.2, 0.25) is 0 Å². The molecule has 2 N–H and O–H groups in total. The number of aromatic amines is 1. The highest BCUT2D eigenvalue weighted by molar-refractivity contribution is 7.89. The summed E-state index contributed by atoms with van der Waals surface area (Å²) in [6, 6.07) is 7.16. The lowest BCUT2D eigenvalue weighted by Gasteiger charge is -2.19. The van der Waals surface area contributed by atoms with Gasteiger partial charge >= 0.3 is 0 Å². The fraction of sp³-hybridized carbons (Fsp3) is 0.300. The van der Waals surface area contributed by atoms with E-state index in [0.717, 1.165) is 17.2 Å². The minimum atomic E-state index is -4.04. The minimum Gasteiger partial charge on any atom is -0.493 e. The van der Waals surface area contributed by atoms with Crippen LogP contribution in [-0.4, -0.2) is 40.8 Å². The summed E-state index contributed by atoms with van der Waals surface area (Å²) in [5, 5.41) is 30.3. The molecule has 11 heteroatoms. The number of non-ortho nitro benzene ring substituents is 1. The average Bonchev–Trinajstić information content (AvgIpc) is 3.02. The third-order valence-electron chi connectivity index (χ3n) is 4.94. The van der Waals surface area contributed by atoms with Crippen molar-refractivity contribution in [3.8, 4) is 5.88 Å². The topological polar surface area (TPSA) is 141 Å². The molecule has 0 atom stereocenters. The monoisotopic (exact) mass is 445 g/mol. The Bertz CT molecular complexity index is 1290. The second-order valence-corrected chi connectivity index (χ2v) is 8.93. The summed E-state index contributed by atoms with van der Waals surface area (Å²) in [6.45, 7) is 7.53. The fourth-order valence-electron chi connectivity index (χ4n) is 3.44. The van der Waals surface area contributed by atoms with Gasteiger partial charge in [0.2, 0.25) is 15.9 Å². The minimum absolute atomic E-state index is 0.0596. The summed E-state index contributed by atoms with van der Waals surface area (Å²) in [7, 11) is -4.04. The number of aromatic nitrogens is 1. The van der Waals surface area contributed by atoms with E-state index in [4.69, 9.17) is 0 Å². The van der Waals surface area contributed by atoms with Gasteiger partial charge in [-0.25, -0.2) is 8.42 Å². The molecule has 10 nitrogen and oxygen atoms in total. The number of rotatable bonds is 7. The van der Waals surface area contributed by atoms with Gasteiger partial charge < -0.3 is 10.1 Å². The molecule has 3 aromatic rings. The van der Waals surface area contributed by atoms with Crippen LogP contribution in [0.3, 0.4) is 0 Å². The molecular formula is C20H23N5O5S. The molecule has 3 rings (SSSR count). The van der Waals surface area contributed by atoms with Crippen LogP contribution >= 0.6 is 0 Å². The number of H-pyrrole nitrogens is 1. The normalized spacial score (nSPS) is 12.3. The van der Waals surface area contributed by atoms with Crippen molar-refractivity contribution in [1.82, 2.24) is 9.29 Å². The van der Waals surface area contributed by atoms with E-state index in [1.807, 2.05) is 26.0 Å². The summed E-state index contributed by atoms with van der Waals surface area (Å²) in [6.07, 6.45) is 0. The van der Waals surface area contributed by atoms with Gasteiger partial charge in [-0.1, -0.05) is 25.5 Å². The number of azo groups is 1. The molecule has 0 saturated heterocycles. The molecule has 31 heavy (non-hydrogen) atoms. The Labute approximate surface area is 179 Å². The van der Waals surface area contributed by atoms with Gasteiger partial charge in [-0.2, -0.15) is 4.31 Å². The molecule has 0 aliphatic carbocycles. The summed E-state index contributed by atoms with van der Waals surface area (Å²) < 4.78 is 27.3. The van der Waals surface area contributed by atoms with Gasteiger partial charge in [-0.15, -0.1) is 10.2 Å². The fourth-order valence-corrected chi connectivity index (χ4v) is 5.04. The first kappa shape index (κ1) is 22.4. The molecule has 1 heterocycles. The van der Waals surface area contributed by atoms with Gasteiger partial charge in [0.15, 0.2) is 5.69 Å². The van der Waals surface area contributed by atoms with Crippen molar-refractivity contribution in [2.75, 3.05) is 13.1 Å². The Hall–Kier alpha value is -3.31. The number of nitro benzene ring substituents is 1. The zero-order chi connectivity index (χ0) is 22.9. The second-order valence-electron chi connectivity index (χ2n) is 7.03. The maximum Gasteiger partial charge on any atom is 0.270 e. The van der Waals surface area contributed by atoms with Crippen LogP contribution in [0.5, 0.6) is 5.88 Å². The highest BCUT2D eigenvalue weighted by Crippen LogP contribution is 2.39. The number of benzene rings is 2. The second kappa shape index (κ2) is 8.44. The van der Waals surface area contributed by atoms with Crippen LogP contribution in [0.15, 0.2) is 45.5 Å². The maximum absolute atomic E-state index is 13.1. The van der Waals surface area contributed by atoms with Crippen LogP contribution in [0.1, 0.15) is 25.0 Å². The molecular weight excluding hydrogens is 422 g/mol. The van der Waals surface area contributed by atoms with E-state index < -0.39 is 14.9 Å². The molecule has 0 unspecified atom stereocenters. The Kier molecular flexibility index (Phi) is 6.09. The van der Waals surface area contributed by atoms with Crippen molar-refractivity contribution in [3.63, 3.8) is 0 Å². The van der Waals surface area contributed by atoms with Crippen molar-refractivity contribution in [2.45, 2.75) is 32.6 Å². The van der Waals surface area contributed by atoms with E-state index in [0.29, 0.717) is 10.9 Å². The smallest absolute Gasteiger partial charge is 0.270 e. The Morgan fingerprint density at radius 3 is 2.42 bits per heavy atom. The molecule has 0 aliphatic rings. The van der Waals surface area contributed by atoms with Crippen LogP contribution in [0.25, 0.3) is 10.9 Å². The number of fused-ring (bicyclic) bond motifs is 1. The predicted octanol–water partition coefficient (Wildman–Crippen LogP) is 4.84. The Morgan fingerprint density at radius 1 is 1.13 bits per heavy atom. The van der Waals surface area contributed by atoms with Gasteiger partial charge in [0.25, 0.3) is 5.69 Å². The highest BCUT2D eigenvalue weighted by atomic mass is 32.2. The third-order valence-corrected chi connectivity index (χ3v) is 7.02. The number of aromatic hydroxyl groups is 1. The number of hydrogen-bond donors (Lipinski definition) is 2. The Balaban J connectivity index is 2.19. The molecule has 0 spiro atoms. The number of hydrogen-bond acceptors (Lipinski definition) is 7. The summed E-state index contributed by atoms with van der Waals surface area (Å²) in [5.74, 6) is -0.206. The molecule has 1 aromatic heterocycles. The summed E-state index contributed by atoms with van der Waals surface area (Å²) >= 11 is 0. The largest absolute Gasteiger partial charge is 0.493 e. The highest BCUT2D eigenvalue weighted by Gasteiger charge is 2.27. The van der Waals surface area contributed by atoms with Gasteiger partial charge in [0.1, 0.15) is 10.6 Å². The number of nitrogens with zero attached hydrogens (tertiary/aromatic N) is 4. The molecule has 0 radical (unpaired) electrons. The van der Waals surface area contributed by atoms with Crippen LogP contribution in [0, 0.1) is 24.0 Å². The van der Waals surface area contributed by atoms with E-state index in [1.165, 1.54) is 16.4 Å².